The lowest BCUT2D eigenvalue weighted by Gasteiger charge is -2.17. The van der Waals surface area contributed by atoms with Crippen LogP contribution < -0.4 is 5.73 Å². The van der Waals surface area contributed by atoms with Crippen molar-refractivity contribution >= 4 is 17.3 Å². The van der Waals surface area contributed by atoms with E-state index in [9.17, 15) is 14.0 Å². The van der Waals surface area contributed by atoms with Gasteiger partial charge in [-0.1, -0.05) is 12.1 Å². The van der Waals surface area contributed by atoms with Gasteiger partial charge in [0.05, 0.1) is 5.56 Å². The third kappa shape index (κ3) is 1.29. The zero-order valence-electron chi connectivity index (χ0n) is 9.24. The summed E-state index contributed by atoms with van der Waals surface area (Å²) in [7, 11) is 0. The van der Waals surface area contributed by atoms with Crippen LogP contribution in [-0.2, 0) is 0 Å². The maximum Gasteiger partial charge on any atom is 0.197 e. The topological polar surface area (TPSA) is 60.2 Å². The third-order valence-corrected chi connectivity index (χ3v) is 3.02. The highest BCUT2D eigenvalue weighted by molar-refractivity contribution is 6.28. The van der Waals surface area contributed by atoms with Crippen molar-refractivity contribution < 1.29 is 14.0 Å². The van der Waals surface area contributed by atoms with Gasteiger partial charge in [0.1, 0.15) is 5.82 Å². The Balaban J connectivity index is 2.35. The standard InChI is InChI=1S/C14H8FNO2/c15-11-3-1-2-9-12(11)14(18)8-5-4-7(16)6-10(8)13(9)17/h1-6H,16H2. The second-order valence-corrected chi connectivity index (χ2v) is 4.13. The molecule has 2 aromatic rings. The second kappa shape index (κ2) is 3.50. The van der Waals surface area contributed by atoms with E-state index in [4.69, 9.17) is 5.73 Å². The SMILES string of the molecule is Nc1ccc2c(c1)C(=O)c1cccc(F)c1C2=O. The van der Waals surface area contributed by atoms with Gasteiger partial charge in [0.15, 0.2) is 11.6 Å². The molecule has 0 aliphatic heterocycles. The molecule has 2 aromatic carbocycles. The molecule has 0 saturated carbocycles. The van der Waals surface area contributed by atoms with Crippen LogP contribution in [0.1, 0.15) is 31.8 Å². The number of anilines is 1. The molecular formula is C14H8FNO2. The average molecular weight is 241 g/mol. The average Bonchev–Trinajstić information content (AvgIpc) is 2.35. The molecule has 0 bridgehead atoms. The van der Waals surface area contributed by atoms with Crippen molar-refractivity contribution in [2.24, 2.45) is 0 Å². The maximum absolute atomic E-state index is 13.7. The Morgan fingerprint density at radius 3 is 2.44 bits per heavy atom. The van der Waals surface area contributed by atoms with E-state index in [1.165, 1.54) is 36.4 Å². The number of nitrogen functional groups attached to an aromatic ring is 1. The molecule has 0 radical (unpaired) electrons. The fraction of sp³-hybridized carbons (Fsp3) is 0. The lowest BCUT2D eigenvalue weighted by molar-refractivity contribution is 0.0976. The first-order valence-electron chi connectivity index (χ1n) is 5.37. The minimum absolute atomic E-state index is 0.0955. The van der Waals surface area contributed by atoms with Crippen molar-refractivity contribution in [1.29, 1.82) is 0 Å². The number of carbonyl (C=O) groups excluding carboxylic acids is 2. The van der Waals surface area contributed by atoms with E-state index in [1.54, 1.807) is 0 Å². The molecular weight excluding hydrogens is 233 g/mol. The van der Waals surface area contributed by atoms with Crippen molar-refractivity contribution in [2.75, 3.05) is 5.73 Å². The molecule has 2 N–H and O–H groups in total. The molecule has 0 heterocycles. The quantitative estimate of drug-likeness (QED) is 0.614. The molecule has 4 heteroatoms. The number of carbonyl (C=O) groups is 2. The highest BCUT2D eigenvalue weighted by Gasteiger charge is 2.31. The number of hydrogen-bond acceptors (Lipinski definition) is 3. The highest BCUT2D eigenvalue weighted by Crippen LogP contribution is 2.29. The van der Waals surface area contributed by atoms with Crippen LogP contribution in [0, 0.1) is 5.82 Å². The summed E-state index contributed by atoms with van der Waals surface area (Å²) in [5, 5.41) is 0. The molecule has 0 unspecified atom stereocenters. The smallest absolute Gasteiger partial charge is 0.197 e. The molecule has 0 aromatic heterocycles. The molecule has 0 spiro atoms. The van der Waals surface area contributed by atoms with Gasteiger partial charge in [-0.15, -0.1) is 0 Å². The fourth-order valence-electron chi connectivity index (χ4n) is 2.17. The summed E-state index contributed by atoms with van der Waals surface area (Å²) < 4.78 is 13.7. The Morgan fingerprint density at radius 2 is 1.67 bits per heavy atom. The molecule has 1 aliphatic carbocycles. The van der Waals surface area contributed by atoms with Gasteiger partial charge < -0.3 is 5.73 Å². The molecule has 88 valence electrons. The number of rotatable bonds is 0. The van der Waals surface area contributed by atoms with Crippen molar-refractivity contribution in [3.05, 3.63) is 64.5 Å². The Kier molecular flexibility index (Phi) is 2.07. The van der Waals surface area contributed by atoms with E-state index in [1.807, 2.05) is 0 Å². The molecule has 0 saturated heterocycles. The number of benzene rings is 2. The molecule has 3 rings (SSSR count). The van der Waals surface area contributed by atoms with Crippen LogP contribution in [0.4, 0.5) is 10.1 Å². The van der Waals surface area contributed by atoms with Gasteiger partial charge in [-0.05, 0) is 24.3 Å². The summed E-state index contributed by atoms with van der Waals surface area (Å²) in [6.07, 6.45) is 0. The summed E-state index contributed by atoms with van der Waals surface area (Å²) >= 11 is 0. The third-order valence-electron chi connectivity index (χ3n) is 3.02. The van der Waals surface area contributed by atoms with Gasteiger partial charge in [-0.2, -0.15) is 0 Å². The van der Waals surface area contributed by atoms with Crippen molar-refractivity contribution in [1.82, 2.24) is 0 Å². The molecule has 18 heavy (non-hydrogen) atoms. The van der Waals surface area contributed by atoms with Gasteiger partial charge >= 0.3 is 0 Å². The first-order chi connectivity index (χ1) is 8.59. The van der Waals surface area contributed by atoms with Crippen molar-refractivity contribution in [2.45, 2.75) is 0 Å². The maximum atomic E-state index is 13.7. The van der Waals surface area contributed by atoms with Gasteiger partial charge in [0, 0.05) is 22.4 Å². The summed E-state index contributed by atoms with van der Waals surface area (Å²) in [4.78, 5) is 24.3. The highest BCUT2D eigenvalue weighted by atomic mass is 19.1. The van der Waals surface area contributed by atoms with Gasteiger partial charge in [-0.3, -0.25) is 9.59 Å². The summed E-state index contributed by atoms with van der Waals surface area (Å²) in [6.45, 7) is 0. The number of nitrogens with two attached hydrogens (primary N) is 1. The Labute approximate surface area is 102 Å². The minimum Gasteiger partial charge on any atom is -0.399 e. The van der Waals surface area contributed by atoms with E-state index in [0.717, 1.165) is 0 Å². The first kappa shape index (κ1) is 10.7. The lowest BCUT2D eigenvalue weighted by atomic mass is 9.83. The van der Waals surface area contributed by atoms with Crippen LogP contribution in [0.25, 0.3) is 0 Å². The zero-order valence-corrected chi connectivity index (χ0v) is 9.24. The summed E-state index contributed by atoms with van der Waals surface area (Å²) in [5.74, 6) is -1.52. The lowest BCUT2D eigenvalue weighted by Crippen LogP contribution is -2.22. The number of ketones is 2. The monoisotopic (exact) mass is 241 g/mol. The number of hydrogen-bond donors (Lipinski definition) is 1. The minimum atomic E-state index is -0.673. The zero-order chi connectivity index (χ0) is 12.9. The van der Waals surface area contributed by atoms with Gasteiger partial charge in [0.25, 0.3) is 0 Å². The van der Waals surface area contributed by atoms with E-state index in [-0.39, 0.29) is 28.0 Å². The Hall–Kier alpha value is -2.49. The summed E-state index contributed by atoms with van der Waals surface area (Å²) in [6, 6.07) is 8.47. The Morgan fingerprint density at radius 1 is 0.889 bits per heavy atom. The van der Waals surface area contributed by atoms with Crippen LogP contribution in [0.5, 0.6) is 0 Å². The first-order valence-corrected chi connectivity index (χ1v) is 5.37. The van der Waals surface area contributed by atoms with E-state index in [0.29, 0.717) is 5.69 Å². The van der Waals surface area contributed by atoms with Crippen LogP contribution >= 0.6 is 0 Å². The Bertz CT molecular complexity index is 703. The summed E-state index contributed by atoms with van der Waals surface area (Å²) in [5.41, 5.74) is 6.38. The predicted octanol–water partition coefficient (Wildman–Crippen LogP) is 2.18. The van der Waals surface area contributed by atoms with E-state index >= 15 is 0 Å². The number of fused-ring (bicyclic) bond motifs is 2. The fourth-order valence-corrected chi connectivity index (χ4v) is 2.17. The molecule has 0 fully saturated rings. The molecule has 0 amide bonds. The van der Waals surface area contributed by atoms with Crippen LogP contribution in [0.2, 0.25) is 0 Å². The van der Waals surface area contributed by atoms with Gasteiger partial charge in [-0.25, -0.2) is 4.39 Å². The van der Waals surface area contributed by atoms with Crippen LogP contribution in [0.15, 0.2) is 36.4 Å². The van der Waals surface area contributed by atoms with Crippen molar-refractivity contribution in [3.63, 3.8) is 0 Å². The molecule has 1 aliphatic rings. The molecule has 3 nitrogen and oxygen atoms in total. The predicted molar refractivity (Wildman–Crippen MR) is 64.1 cm³/mol. The molecule has 0 atom stereocenters. The second-order valence-electron chi connectivity index (χ2n) is 4.13. The van der Waals surface area contributed by atoms with Crippen LogP contribution in [-0.4, -0.2) is 11.6 Å². The van der Waals surface area contributed by atoms with E-state index in [2.05, 4.69) is 0 Å². The number of halogens is 1. The van der Waals surface area contributed by atoms with Crippen molar-refractivity contribution in [3.8, 4) is 0 Å². The van der Waals surface area contributed by atoms with Gasteiger partial charge in [0.2, 0.25) is 0 Å². The van der Waals surface area contributed by atoms with Crippen LogP contribution in [0.3, 0.4) is 0 Å². The van der Waals surface area contributed by atoms with E-state index < -0.39 is 11.6 Å². The normalized spacial score (nSPS) is 13.2. The largest absolute Gasteiger partial charge is 0.399 e.